The van der Waals surface area contributed by atoms with Crippen molar-refractivity contribution >= 4 is 44.8 Å². The first kappa shape index (κ1) is 19.1. The van der Waals surface area contributed by atoms with E-state index in [1.165, 1.54) is 16.4 Å². The number of amides is 1. The quantitative estimate of drug-likeness (QED) is 0.806. The molecule has 0 aliphatic heterocycles. The average Bonchev–Trinajstić information content (AvgIpc) is 2.36. The molecule has 0 saturated heterocycles. The second-order valence-electron chi connectivity index (χ2n) is 5.38. The molecular formula is C14H20Cl2N2O3S. The van der Waals surface area contributed by atoms with Crippen molar-refractivity contribution in [3.63, 3.8) is 0 Å². The van der Waals surface area contributed by atoms with Crippen molar-refractivity contribution in [2.45, 2.75) is 20.3 Å². The summed E-state index contributed by atoms with van der Waals surface area (Å²) >= 11 is 11.8. The Morgan fingerprint density at radius 1 is 1.27 bits per heavy atom. The minimum absolute atomic E-state index is 0.0995. The van der Waals surface area contributed by atoms with Crippen LogP contribution in [-0.2, 0) is 14.8 Å². The van der Waals surface area contributed by atoms with Gasteiger partial charge < -0.3 is 5.32 Å². The minimum Gasteiger partial charge on any atom is -0.354 e. The van der Waals surface area contributed by atoms with Crippen molar-refractivity contribution in [3.05, 3.63) is 28.2 Å². The highest BCUT2D eigenvalue weighted by Crippen LogP contribution is 2.28. The SMILES string of the molecule is CC(C)CC(=O)NCCN(c1ccc(Cl)c(Cl)c1)S(C)(=O)=O. The van der Waals surface area contributed by atoms with Gasteiger partial charge in [-0.25, -0.2) is 8.42 Å². The molecule has 0 fully saturated rings. The van der Waals surface area contributed by atoms with E-state index in [0.29, 0.717) is 17.1 Å². The summed E-state index contributed by atoms with van der Waals surface area (Å²) < 4.78 is 25.0. The summed E-state index contributed by atoms with van der Waals surface area (Å²) in [5, 5.41) is 3.33. The number of rotatable bonds is 7. The van der Waals surface area contributed by atoms with Gasteiger partial charge in [0.1, 0.15) is 0 Å². The van der Waals surface area contributed by atoms with Gasteiger partial charge in [-0.1, -0.05) is 37.0 Å². The first-order valence-electron chi connectivity index (χ1n) is 6.80. The standard InChI is InChI=1S/C14H20Cl2N2O3S/c1-10(2)8-14(19)17-6-7-18(22(3,20)21)11-4-5-12(15)13(16)9-11/h4-5,9-10H,6-8H2,1-3H3,(H,17,19). The molecule has 22 heavy (non-hydrogen) atoms. The molecule has 0 aromatic heterocycles. The smallest absolute Gasteiger partial charge is 0.232 e. The number of hydrogen-bond acceptors (Lipinski definition) is 3. The van der Waals surface area contributed by atoms with Crippen LogP contribution in [0.2, 0.25) is 10.0 Å². The van der Waals surface area contributed by atoms with E-state index >= 15 is 0 Å². The summed E-state index contributed by atoms with van der Waals surface area (Å²) in [5.41, 5.74) is 0.412. The van der Waals surface area contributed by atoms with Crippen molar-refractivity contribution in [3.8, 4) is 0 Å². The van der Waals surface area contributed by atoms with Gasteiger partial charge in [0.05, 0.1) is 28.5 Å². The Labute approximate surface area is 141 Å². The molecule has 1 N–H and O–H groups in total. The van der Waals surface area contributed by atoms with E-state index in [9.17, 15) is 13.2 Å². The number of benzene rings is 1. The van der Waals surface area contributed by atoms with Gasteiger partial charge in [-0.3, -0.25) is 9.10 Å². The van der Waals surface area contributed by atoms with Gasteiger partial charge in [-0.15, -0.1) is 0 Å². The number of halogens is 2. The van der Waals surface area contributed by atoms with Gasteiger partial charge >= 0.3 is 0 Å². The normalized spacial score (nSPS) is 11.5. The summed E-state index contributed by atoms with van der Waals surface area (Å²) in [6, 6.07) is 4.60. The largest absolute Gasteiger partial charge is 0.354 e. The lowest BCUT2D eigenvalue weighted by molar-refractivity contribution is -0.121. The molecule has 1 aromatic rings. The lowest BCUT2D eigenvalue weighted by Gasteiger charge is -2.23. The fourth-order valence-electron chi connectivity index (χ4n) is 1.87. The lowest BCUT2D eigenvalue weighted by atomic mass is 10.1. The maximum atomic E-state index is 11.9. The zero-order chi connectivity index (χ0) is 16.9. The van der Waals surface area contributed by atoms with Crippen LogP contribution < -0.4 is 9.62 Å². The first-order valence-corrected chi connectivity index (χ1v) is 9.41. The zero-order valence-electron chi connectivity index (χ0n) is 12.8. The van der Waals surface area contributed by atoms with Crippen LogP contribution in [0.1, 0.15) is 20.3 Å². The van der Waals surface area contributed by atoms with Gasteiger partial charge in [0.25, 0.3) is 0 Å². The number of anilines is 1. The molecule has 0 radical (unpaired) electrons. The highest BCUT2D eigenvalue weighted by Gasteiger charge is 2.18. The Morgan fingerprint density at radius 3 is 2.41 bits per heavy atom. The number of nitrogens with zero attached hydrogens (tertiary/aromatic N) is 1. The Morgan fingerprint density at radius 2 is 1.91 bits per heavy atom. The summed E-state index contributed by atoms with van der Waals surface area (Å²) in [7, 11) is -3.49. The molecular weight excluding hydrogens is 347 g/mol. The van der Waals surface area contributed by atoms with Crippen LogP contribution in [0.15, 0.2) is 18.2 Å². The third kappa shape index (κ3) is 6.02. The molecule has 0 unspecified atom stereocenters. The summed E-state index contributed by atoms with van der Waals surface area (Å²) in [6.45, 7) is 4.23. The fourth-order valence-corrected chi connectivity index (χ4v) is 3.08. The molecule has 0 bridgehead atoms. The van der Waals surface area contributed by atoms with Crippen LogP contribution in [0.5, 0.6) is 0 Å². The predicted octanol–water partition coefficient (Wildman–Crippen LogP) is 2.92. The molecule has 0 aliphatic carbocycles. The Balaban J connectivity index is 2.79. The molecule has 5 nitrogen and oxygen atoms in total. The maximum Gasteiger partial charge on any atom is 0.232 e. The third-order valence-corrected chi connectivity index (χ3v) is 4.76. The molecule has 1 amide bonds. The van der Waals surface area contributed by atoms with Crippen LogP contribution in [0.3, 0.4) is 0 Å². The van der Waals surface area contributed by atoms with Crippen LogP contribution in [0, 0.1) is 5.92 Å². The van der Waals surface area contributed by atoms with E-state index < -0.39 is 10.0 Å². The molecule has 8 heteroatoms. The van der Waals surface area contributed by atoms with Gasteiger partial charge in [-0.2, -0.15) is 0 Å². The topological polar surface area (TPSA) is 66.5 Å². The fraction of sp³-hybridized carbons (Fsp3) is 0.500. The lowest BCUT2D eigenvalue weighted by Crippen LogP contribution is -2.38. The monoisotopic (exact) mass is 366 g/mol. The van der Waals surface area contributed by atoms with Crippen molar-refractivity contribution in [1.29, 1.82) is 0 Å². The Bertz CT molecular complexity index is 633. The van der Waals surface area contributed by atoms with E-state index in [1.54, 1.807) is 6.07 Å². The number of nitrogens with one attached hydrogen (secondary N) is 1. The van der Waals surface area contributed by atoms with Gasteiger partial charge in [-0.05, 0) is 24.1 Å². The van der Waals surface area contributed by atoms with E-state index in [0.717, 1.165) is 6.26 Å². The summed E-state index contributed by atoms with van der Waals surface area (Å²) in [6.07, 6.45) is 1.51. The summed E-state index contributed by atoms with van der Waals surface area (Å²) in [5.74, 6) is 0.152. The van der Waals surface area contributed by atoms with Crippen LogP contribution in [0.25, 0.3) is 0 Å². The first-order chi connectivity index (χ1) is 10.1. The average molecular weight is 367 g/mol. The van der Waals surface area contributed by atoms with E-state index in [-0.39, 0.29) is 29.9 Å². The molecule has 1 rings (SSSR count). The molecule has 124 valence electrons. The number of carbonyl (C=O) groups is 1. The summed E-state index contributed by atoms with van der Waals surface area (Å²) in [4.78, 5) is 11.6. The van der Waals surface area contributed by atoms with Gasteiger partial charge in [0, 0.05) is 13.0 Å². The van der Waals surface area contributed by atoms with Crippen molar-refractivity contribution in [2.75, 3.05) is 23.7 Å². The number of carbonyl (C=O) groups excluding carboxylic acids is 1. The van der Waals surface area contributed by atoms with Crippen molar-refractivity contribution in [2.24, 2.45) is 5.92 Å². The van der Waals surface area contributed by atoms with Gasteiger partial charge in [0.15, 0.2) is 0 Å². The third-order valence-electron chi connectivity index (χ3n) is 2.82. The van der Waals surface area contributed by atoms with E-state index in [1.807, 2.05) is 13.8 Å². The van der Waals surface area contributed by atoms with Crippen LogP contribution >= 0.6 is 23.2 Å². The van der Waals surface area contributed by atoms with E-state index in [4.69, 9.17) is 23.2 Å². The van der Waals surface area contributed by atoms with Gasteiger partial charge in [0.2, 0.25) is 15.9 Å². The van der Waals surface area contributed by atoms with Crippen molar-refractivity contribution in [1.82, 2.24) is 5.32 Å². The maximum absolute atomic E-state index is 11.9. The molecule has 0 aliphatic rings. The molecule has 0 atom stereocenters. The highest BCUT2D eigenvalue weighted by molar-refractivity contribution is 7.92. The Hall–Kier alpha value is -0.980. The number of sulfonamides is 1. The second kappa shape index (κ2) is 8.04. The van der Waals surface area contributed by atoms with Crippen molar-refractivity contribution < 1.29 is 13.2 Å². The van der Waals surface area contributed by atoms with Crippen LogP contribution in [-0.4, -0.2) is 33.7 Å². The molecule has 1 aromatic carbocycles. The predicted molar refractivity (Wildman–Crippen MR) is 91.1 cm³/mol. The highest BCUT2D eigenvalue weighted by atomic mass is 35.5. The molecule has 0 heterocycles. The second-order valence-corrected chi connectivity index (χ2v) is 8.10. The minimum atomic E-state index is -3.49. The molecule has 0 spiro atoms. The van der Waals surface area contributed by atoms with E-state index in [2.05, 4.69) is 5.32 Å². The molecule has 0 saturated carbocycles. The van der Waals surface area contributed by atoms with Crippen LogP contribution in [0.4, 0.5) is 5.69 Å². The zero-order valence-corrected chi connectivity index (χ0v) is 15.1. The number of hydrogen-bond donors (Lipinski definition) is 1. The Kier molecular flexibility index (Phi) is 6.97.